The molecule has 2 rings (SSSR count). The van der Waals surface area contributed by atoms with Crippen LogP contribution in [0, 0.1) is 0 Å². The number of hydrogen-bond donors (Lipinski definition) is 4. The van der Waals surface area contributed by atoms with E-state index >= 15 is 0 Å². The fraction of sp³-hybridized carbons (Fsp3) is 0.100. The minimum atomic E-state index is 0.139. The third-order valence-electron chi connectivity index (χ3n) is 2.33. The summed E-state index contributed by atoms with van der Waals surface area (Å²) < 4.78 is 1.46. The van der Waals surface area contributed by atoms with Crippen LogP contribution in [0.5, 0.6) is 5.75 Å². The second kappa shape index (κ2) is 3.74. The first-order valence-corrected chi connectivity index (χ1v) is 4.75. The molecule has 1 aromatic heterocycles. The van der Waals surface area contributed by atoms with Crippen LogP contribution in [0.2, 0.25) is 0 Å². The summed E-state index contributed by atoms with van der Waals surface area (Å²) >= 11 is 0. The van der Waals surface area contributed by atoms with E-state index in [0.717, 1.165) is 0 Å². The Hall–Kier alpha value is -2.21. The van der Waals surface area contributed by atoms with Gasteiger partial charge in [0, 0.05) is 12.6 Å². The van der Waals surface area contributed by atoms with E-state index in [9.17, 15) is 5.11 Å². The van der Waals surface area contributed by atoms with E-state index in [0.29, 0.717) is 22.9 Å². The molecule has 2 aromatic rings. The third-order valence-corrected chi connectivity index (χ3v) is 2.33. The molecule has 84 valence electrons. The Balaban J connectivity index is 2.56. The van der Waals surface area contributed by atoms with E-state index in [2.05, 4.69) is 5.10 Å². The number of hydrogen-bond acceptors (Lipinski definition) is 5. The predicted molar refractivity (Wildman–Crippen MR) is 61.9 cm³/mol. The summed E-state index contributed by atoms with van der Waals surface area (Å²) in [6.07, 6.45) is 0. The van der Waals surface area contributed by atoms with Crippen molar-refractivity contribution in [2.45, 2.75) is 6.54 Å². The second-order valence-electron chi connectivity index (χ2n) is 3.38. The van der Waals surface area contributed by atoms with Gasteiger partial charge in [0.2, 0.25) is 0 Å². The van der Waals surface area contributed by atoms with Gasteiger partial charge in [0.15, 0.2) is 5.82 Å². The molecule has 6 nitrogen and oxygen atoms in total. The van der Waals surface area contributed by atoms with Crippen LogP contribution in [-0.4, -0.2) is 14.9 Å². The smallest absolute Gasteiger partial charge is 0.152 e. The summed E-state index contributed by atoms with van der Waals surface area (Å²) in [6.45, 7) is 0.233. The molecule has 1 heterocycles. The Kier molecular flexibility index (Phi) is 2.41. The van der Waals surface area contributed by atoms with Crippen molar-refractivity contribution in [2.75, 3.05) is 11.5 Å². The monoisotopic (exact) mass is 219 g/mol. The molecule has 0 unspecified atom stereocenters. The number of phenols is 1. The number of nitrogen functional groups attached to an aromatic ring is 2. The van der Waals surface area contributed by atoms with E-state index in [1.54, 1.807) is 24.3 Å². The number of aromatic nitrogens is 2. The first kappa shape index (κ1) is 10.3. The maximum atomic E-state index is 9.36. The molecule has 0 bridgehead atoms. The van der Waals surface area contributed by atoms with Gasteiger partial charge in [-0.15, -0.1) is 5.10 Å². The molecule has 0 fully saturated rings. The van der Waals surface area contributed by atoms with Crippen LogP contribution in [0.1, 0.15) is 5.56 Å². The van der Waals surface area contributed by atoms with E-state index < -0.39 is 0 Å². The minimum Gasteiger partial charge on any atom is -0.508 e. The van der Waals surface area contributed by atoms with Crippen molar-refractivity contribution in [3.63, 3.8) is 0 Å². The number of phenolic OH excluding ortho intramolecular Hbond substituents is 1. The summed E-state index contributed by atoms with van der Waals surface area (Å²) in [7, 11) is 0. The van der Waals surface area contributed by atoms with Crippen molar-refractivity contribution in [1.29, 1.82) is 0 Å². The molecule has 16 heavy (non-hydrogen) atoms. The molecule has 0 saturated carbocycles. The number of benzene rings is 1. The molecule has 0 aliphatic heterocycles. The standard InChI is InChI=1S/C10H13N5O/c11-5-8-9(12)14-15(10(8)13)6-2-1-3-7(16)4-6/h1-4,16H,5,11,13H2,(H2,12,14). The summed E-state index contributed by atoms with van der Waals surface area (Å²) in [5, 5.41) is 13.4. The Morgan fingerprint density at radius 2 is 2.06 bits per heavy atom. The lowest BCUT2D eigenvalue weighted by Crippen LogP contribution is -2.05. The highest BCUT2D eigenvalue weighted by molar-refractivity contribution is 5.58. The van der Waals surface area contributed by atoms with Gasteiger partial charge in [-0.25, -0.2) is 4.68 Å². The van der Waals surface area contributed by atoms with Gasteiger partial charge >= 0.3 is 0 Å². The molecule has 0 radical (unpaired) electrons. The maximum Gasteiger partial charge on any atom is 0.152 e. The molecular formula is C10H13N5O. The lowest BCUT2D eigenvalue weighted by Gasteiger charge is -2.04. The van der Waals surface area contributed by atoms with Crippen molar-refractivity contribution in [2.24, 2.45) is 5.73 Å². The van der Waals surface area contributed by atoms with Gasteiger partial charge in [0.05, 0.1) is 11.3 Å². The number of anilines is 2. The molecule has 0 spiro atoms. The molecule has 0 aliphatic carbocycles. The highest BCUT2D eigenvalue weighted by Crippen LogP contribution is 2.23. The second-order valence-corrected chi connectivity index (χ2v) is 3.38. The summed E-state index contributed by atoms with van der Waals surface area (Å²) in [6, 6.07) is 6.58. The van der Waals surface area contributed by atoms with Crippen LogP contribution in [0.15, 0.2) is 24.3 Å². The van der Waals surface area contributed by atoms with Gasteiger partial charge in [-0.3, -0.25) is 0 Å². The predicted octanol–water partition coefficient (Wildman–Crippen LogP) is 0.201. The van der Waals surface area contributed by atoms with Crippen LogP contribution >= 0.6 is 0 Å². The maximum absolute atomic E-state index is 9.36. The summed E-state index contributed by atoms with van der Waals surface area (Å²) in [5.41, 5.74) is 18.3. The lowest BCUT2D eigenvalue weighted by atomic mass is 10.3. The van der Waals surface area contributed by atoms with Crippen molar-refractivity contribution >= 4 is 11.6 Å². The third kappa shape index (κ3) is 1.55. The van der Waals surface area contributed by atoms with Crippen molar-refractivity contribution in [3.8, 4) is 11.4 Å². The van der Waals surface area contributed by atoms with E-state index in [4.69, 9.17) is 17.2 Å². The fourth-order valence-corrected chi connectivity index (χ4v) is 1.51. The number of rotatable bonds is 2. The van der Waals surface area contributed by atoms with Crippen LogP contribution in [-0.2, 0) is 6.54 Å². The van der Waals surface area contributed by atoms with Gasteiger partial charge in [0.1, 0.15) is 11.6 Å². The van der Waals surface area contributed by atoms with Crippen molar-refractivity contribution < 1.29 is 5.11 Å². The van der Waals surface area contributed by atoms with Crippen LogP contribution in [0.3, 0.4) is 0 Å². The topological polar surface area (TPSA) is 116 Å². The Bertz CT molecular complexity index is 520. The normalized spacial score (nSPS) is 10.6. The molecule has 0 amide bonds. The first-order valence-electron chi connectivity index (χ1n) is 4.75. The van der Waals surface area contributed by atoms with Crippen molar-refractivity contribution in [1.82, 2.24) is 9.78 Å². The van der Waals surface area contributed by atoms with Gasteiger partial charge in [-0.1, -0.05) is 6.07 Å². The van der Waals surface area contributed by atoms with Gasteiger partial charge < -0.3 is 22.3 Å². The fourth-order valence-electron chi connectivity index (χ4n) is 1.51. The Labute approximate surface area is 92.3 Å². The average molecular weight is 219 g/mol. The van der Waals surface area contributed by atoms with Gasteiger partial charge in [-0.05, 0) is 12.1 Å². The number of nitrogens with two attached hydrogens (primary N) is 3. The number of nitrogens with zero attached hydrogens (tertiary/aromatic N) is 2. The molecule has 0 atom stereocenters. The highest BCUT2D eigenvalue weighted by Gasteiger charge is 2.12. The summed E-state index contributed by atoms with van der Waals surface area (Å²) in [5.74, 6) is 0.842. The van der Waals surface area contributed by atoms with Crippen molar-refractivity contribution in [3.05, 3.63) is 29.8 Å². The molecule has 0 saturated heterocycles. The highest BCUT2D eigenvalue weighted by atomic mass is 16.3. The summed E-state index contributed by atoms with van der Waals surface area (Å²) in [4.78, 5) is 0. The molecule has 1 aromatic carbocycles. The molecular weight excluding hydrogens is 206 g/mol. The largest absolute Gasteiger partial charge is 0.508 e. The molecule has 0 aliphatic rings. The van der Waals surface area contributed by atoms with Crippen LogP contribution in [0.4, 0.5) is 11.6 Å². The van der Waals surface area contributed by atoms with Crippen LogP contribution in [0.25, 0.3) is 5.69 Å². The van der Waals surface area contributed by atoms with Gasteiger partial charge in [0.25, 0.3) is 0 Å². The van der Waals surface area contributed by atoms with E-state index in [1.807, 2.05) is 0 Å². The zero-order valence-corrected chi connectivity index (χ0v) is 8.59. The zero-order chi connectivity index (χ0) is 11.7. The zero-order valence-electron chi connectivity index (χ0n) is 8.59. The van der Waals surface area contributed by atoms with Gasteiger partial charge in [-0.2, -0.15) is 0 Å². The molecule has 7 N–H and O–H groups in total. The first-order chi connectivity index (χ1) is 7.63. The Morgan fingerprint density at radius 3 is 2.62 bits per heavy atom. The van der Waals surface area contributed by atoms with E-state index in [1.165, 1.54) is 4.68 Å². The minimum absolute atomic E-state index is 0.139. The molecule has 6 heteroatoms. The average Bonchev–Trinajstić information content (AvgIpc) is 2.54. The van der Waals surface area contributed by atoms with E-state index in [-0.39, 0.29) is 12.3 Å². The number of aromatic hydroxyl groups is 1. The Morgan fingerprint density at radius 1 is 1.31 bits per heavy atom. The SMILES string of the molecule is NCc1c(N)nn(-c2cccc(O)c2)c1N. The van der Waals surface area contributed by atoms with Crippen LogP contribution < -0.4 is 17.2 Å². The quantitative estimate of drug-likeness (QED) is 0.575. The lowest BCUT2D eigenvalue weighted by molar-refractivity contribution is 0.475.